The molecule has 2 atom stereocenters. The second kappa shape index (κ2) is 8.32. The van der Waals surface area contributed by atoms with Crippen LogP contribution in [-0.4, -0.2) is 47.4 Å². The molecule has 1 saturated carbocycles. The zero-order chi connectivity index (χ0) is 23.0. The minimum absolute atomic E-state index is 0.0937. The number of amides is 4. The van der Waals surface area contributed by atoms with Gasteiger partial charge in [0.25, 0.3) is 11.8 Å². The first-order valence-electron chi connectivity index (χ1n) is 10.6. The van der Waals surface area contributed by atoms with Crippen molar-refractivity contribution in [1.82, 2.24) is 10.2 Å². The molecular formula is C23H31N3O5. The van der Waals surface area contributed by atoms with E-state index in [1.165, 1.54) is 0 Å². The molecule has 0 unspecified atom stereocenters. The van der Waals surface area contributed by atoms with Crippen molar-refractivity contribution in [2.24, 2.45) is 11.3 Å². The Hall–Kier alpha value is -2.90. The number of ether oxygens (including phenoxy) is 1. The van der Waals surface area contributed by atoms with Gasteiger partial charge in [-0.15, -0.1) is 0 Å². The Morgan fingerprint density at radius 2 is 1.90 bits per heavy atom. The van der Waals surface area contributed by atoms with Crippen molar-refractivity contribution in [3.63, 3.8) is 0 Å². The van der Waals surface area contributed by atoms with E-state index in [2.05, 4.69) is 31.4 Å². The number of esters is 1. The molecule has 31 heavy (non-hydrogen) atoms. The fourth-order valence-corrected chi connectivity index (χ4v) is 4.99. The fourth-order valence-electron chi connectivity index (χ4n) is 4.99. The topological polar surface area (TPSA) is 105 Å². The van der Waals surface area contributed by atoms with Crippen LogP contribution >= 0.6 is 0 Å². The Bertz CT molecular complexity index is 926. The number of nitrogens with zero attached hydrogens (tertiary/aromatic N) is 1. The van der Waals surface area contributed by atoms with Gasteiger partial charge in [0.2, 0.25) is 0 Å². The molecule has 1 aromatic rings. The van der Waals surface area contributed by atoms with Crippen LogP contribution in [0, 0.1) is 25.2 Å². The Morgan fingerprint density at radius 1 is 1.19 bits per heavy atom. The Balaban J connectivity index is 1.55. The van der Waals surface area contributed by atoms with Crippen molar-refractivity contribution >= 4 is 29.5 Å². The molecule has 8 nitrogen and oxygen atoms in total. The first-order valence-corrected chi connectivity index (χ1v) is 10.6. The van der Waals surface area contributed by atoms with Crippen molar-refractivity contribution in [2.75, 3.05) is 18.5 Å². The summed E-state index contributed by atoms with van der Waals surface area (Å²) in [6.07, 6.45) is 2.04. The molecule has 1 aliphatic carbocycles. The SMILES string of the molecule is Cc1ccc(NC(=O)COC(=O)CN2C(=O)N[C@]3(C[C@@H](C)CC(C)(C)C3)C2=O)cc1C. The minimum atomic E-state index is -0.973. The van der Waals surface area contributed by atoms with Crippen LogP contribution in [-0.2, 0) is 19.1 Å². The van der Waals surface area contributed by atoms with Gasteiger partial charge in [0.15, 0.2) is 6.61 Å². The number of urea groups is 1. The second-order valence-corrected chi connectivity index (χ2v) is 9.77. The number of carbonyl (C=O) groups excluding carboxylic acids is 4. The van der Waals surface area contributed by atoms with E-state index < -0.39 is 42.5 Å². The fraction of sp³-hybridized carbons (Fsp3) is 0.565. The van der Waals surface area contributed by atoms with Crippen LogP contribution in [0.25, 0.3) is 0 Å². The van der Waals surface area contributed by atoms with Gasteiger partial charge in [0, 0.05) is 5.69 Å². The molecule has 2 aliphatic rings. The molecular weight excluding hydrogens is 398 g/mol. The number of aryl methyl sites for hydroxylation is 2. The van der Waals surface area contributed by atoms with Crippen LogP contribution in [0.4, 0.5) is 10.5 Å². The quantitative estimate of drug-likeness (QED) is 0.553. The maximum Gasteiger partial charge on any atom is 0.326 e. The highest BCUT2D eigenvalue weighted by atomic mass is 16.5. The van der Waals surface area contributed by atoms with Crippen LogP contribution in [0.1, 0.15) is 51.2 Å². The average molecular weight is 430 g/mol. The van der Waals surface area contributed by atoms with Crippen molar-refractivity contribution in [2.45, 2.75) is 59.4 Å². The average Bonchev–Trinajstić information content (AvgIpc) is 2.84. The first-order chi connectivity index (χ1) is 14.4. The molecule has 3 rings (SSSR count). The van der Waals surface area contributed by atoms with Crippen LogP contribution in [0.5, 0.6) is 0 Å². The number of carbonyl (C=O) groups is 4. The lowest BCUT2D eigenvalue weighted by Gasteiger charge is -2.43. The molecule has 8 heteroatoms. The third-order valence-corrected chi connectivity index (χ3v) is 6.07. The largest absolute Gasteiger partial charge is 0.454 e. The Morgan fingerprint density at radius 3 is 2.55 bits per heavy atom. The third-order valence-electron chi connectivity index (χ3n) is 6.07. The molecule has 1 aliphatic heterocycles. The van der Waals surface area contributed by atoms with E-state index >= 15 is 0 Å². The van der Waals surface area contributed by atoms with Crippen LogP contribution in [0.3, 0.4) is 0 Å². The van der Waals surface area contributed by atoms with Crippen LogP contribution in [0.2, 0.25) is 0 Å². The lowest BCUT2D eigenvalue weighted by atomic mass is 9.64. The summed E-state index contributed by atoms with van der Waals surface area (Å²) in [5, 5.41) is 5.48. The summed E-state index contributed by atoms with van der Waals surface area (Å²) in [5.74, 6) is -1.42. The van der Waals surface area contributed by atoms with E-state index in [0.717, 1.165) is 22.4 Å². The van der Waals surface area contributed by atoms with Gasteiger partial charge in [0.05, 0.1) is 0 Å². The molecule has 2 N–H and O–H groups in total. The van der Waals surface area contributed by atoms with Gasteiger partial charge in [-0.1, -0.05) is 26.8 Å². The maximum atomic E-state index is 13.1. The summed E-state index contributed by atoms with van der Waals surface area (Å²) in [6.45, 7) is 9.11. The van der Waals surface area contributed by atoms with Crippen molar-refractivity contribution < 1.29 is 23.9 Å². The lowest BCUT2D eigenvalue weighted by molar-refractivity contribution is -0.150. The highest BCUT2D eigenvalue weighted by molar-refractivity contribution is 6.09. The Labute approximate surface area is 182 Å². The zero-order valence-electron chi connectivity index (χ0n) is 18.8. The van der Waals surface area contributed by atoms with E-state index in [1.807, 2.05) is 26.0 Å². The number of hydrogen-bond acceptors (Lipinski definition) is 5. The van der Waals surface area contributed by atoms with Gasteiger partial charge in [-0.3, -0.25) is 19.3 Å². The van der Waals surface area contributed by atoms with Gasteiger partial charge in [-0.25, -0.2) is 4.79 Å². The molecule has 1 spiro atoms. The molecule has 2 fully saturated rings. The van der Waals surface area contributed by atoms with Gasteiger partial charge >= 0.3 is 12.0 Å². The predicted molar refractivity (Wildman–Crippen MR) is 115 cm³/mol. The van der Waals surface area contributed by atoms with Gasteiger partial charge < -0.3 is 15.4 Å². The number of anilines is 1. The molecule has 0 bridgehead atoms. The van der Waals surface area contributed by atoms with E-state index in [4.69, 9.17) is 4.74 Å². The molecule has 0 radical (unpaired) electrons. The molecule has 168 valence electrons. The Kier molecular flexibility index (Phi) is 6.11. The monoisotopic (exact) mass is 429 g/mol. The molecule has 0 aromatic heterocycles. The maximum absolute atomic E-state index is 13.1. The van der Waals surface area contributed by atoms with Crippen molar-refractivity contribution in [3.8, 4) is 0 Å². The molecule has 4 amide bonds. The number of imide groups is 1. The smallest absolute Gasteiger partial charge is 0.326 e. The van der Waals surface area contributed by atoms with Crippen LogP contribution < -0.4 is 10.6 Å². The minimum Gasteiger partial charge on any atom is -0.454 e. The van der Waals surface area contributed by atoms with Crippen molar-refractivity contribution in [3.05, 3.63) is 29.3 Å². The number of nitrogens with one attached hydrogen (secondary N) is 2. The molecule has 1 saturated heterocycles. The summed E-state index contributed by atoms with van der Waals surface area (Å²) in [4.78, 5) is 50.7. The van der Waals surface area contributed by atoms with Gasteiger partial charge in [-0.2, -0.15) is 0 Å². The molecule has 1 aromatic carbocycles. The number of hydrogen-bond donors (Lipinski definition) is 2. The summed E-state index contributed by atoms with van der Waals surface area (Å²) >= 11 is 0. The standard InChI is InChI=1S/C23H31N3O5/c1-14-9-22(4,5)13-23(10-14)20(29)26(21(30)25-23)11-19(28)31-12-18(27)24-17-7-6-15(2)16(3)8-17/h6-8,14H,9-13H2,1-5H3,(H,24,27)(H,25,30)/t14-,23-/m0/s1. The highest BCUT2D eigenvalue weighted by Crippen LogP contribution is 2.46. The molecule has 1 heterocycles. The normalized spacial score (nSPS) is 24.8. The van der Waals surface area contributed by atoms with E-state index in [0.29, 0.717) is 18.5 Å². The highest BCUT2D eigenvalue weighted by Gasteiger charge is 2.56. The van der Waals surface area contributed by atoms with E-state index in [-0.39, 0.29) is 11.3 Å². The van der Waals surface area contributed by atoms with E-state index in [1.54, 1.807) is 6.07 Å². The number of benzene rings is 1. The summed E-state index contributed by atoms with van der Waals surface area (Å²) < 4.78 is 5.00. The van der Waals surface area contributed by atoms with Crippen molar-refractivity contribution in [1.29, 1.82) is 0 Å². The lowest BCUT2D eigenvalue weighted by Crippen LogP contribution is -2.54. The first kappa shape index (κ1) is 22.8. The summed E-state index contributed by atoms with van der Waals surface area (Å²) in [5.41, 5.74) is 1.67. The predicted octanol–water partition coefficient (Wildman–Crippen LogP) is 2.92. The van der Waals surface area contributed by atoms with E-state index in [9.17, 15) is 19.2 Å². The van der Waals surface area contributed by atoms with Gasteiger partial charge in [0.1, 0.15) is 12.1 Å². The third kappa shape index (κ3) is 5.06. The number of rotatable bonds is 5. The zero-order valence-corrected chi connectivity index (χ0v) is 18.8. The van der Waals surface area contributed by atoms with Crippen LogP contribution in [0.15, 0.2) is 18.2 Å². The van der Waals surface area contributed by atoms with Gasteiger partial charge in [-0.05, 0) is 67.7 Å². The summed E-state index contributed by atoms with van der Waals surface area (Å²) in [7, 11) is 0. The summed E-state index contributed by atoms with van der Waals surface area (Å²) in [6, 6.07) is 4.89. The second-order valence-electron chi connectivity index (χ2n) is 9.77.